The highest BCUT2D eigenvalue weighted by Gasteiger charge is 2.36. The zero-order valence-electron chi connectivity index (χ0n) is 17.8. The summed E-state index contributed by atoms with van der Waals surface area (Å²) in [6, 6.07) is 14.0. The van der Waals surface area contributed by atoms with Crippen LogP contribution >= 0.6 is 0 Å². The minimum absolute atomic E-state index is 0.219. The van der Waals surface area contributed by atoms with Crippen LogP contribution in [0.1, 0.15) is 27.2 Å². The number of amides is 1. The van der Waals surface area contributed by atoms with Gasteiger partial charge in [0.2, 0.25) is 10.0 Å². The third-order valence-electron chi connectivity index (χ3n) is 5.09. The van der Waals surface area contributed by atoms with Gasteiger partial charge in [-0.2, -0.15) is 4.31 Å². The molecule has 1 heterocycles. The smallest absolute Gasteiger partial charge is 0.410 e. The Kier molecular flexibility index (Phi) is 6.10. The highest BCUT2D eigenvalue weighted by Crippen LogP contribution is 2.27. The number of nitrogens with zero attached hydrogens (tertiary/aromatic N) is 2. The summed E-state index contributed by atoms with van der Waals surface area (Å²) in [5.74, 6) is 0. The van der Waals surface area contributed by atoms with E-state index in [9.17, 15) is 13.2 Å². The molecule has 2 N–H and O–H groups in total. The van der Waals surface area contributed by atoms with Crippen LogP contribution < -0.4 is 5.73 Å². The summed E-state index contributed by atoms with van der Waals surface area (Å²) in [4.78, 5) is 14.0. The molecule has 1 aliphatic heterocycles. The topological polar surface area (TPSA) is 92.9 Å². The van der Waals surface area contributed by atoms with E-state index in [1.54, 1.807) is 52.1 Å². The fourth-order valence-electron chi connectivity index (χ4n) is 3.37. The van der Waals surface area contributed by atoms with Crippen LogP contribution in [-0.2, 0) is 14.8 Å². The first-order valence-electron chi connectivity index (χ1n) is 9.89. The van der Waals surface area contributed by atoms with Gasteiger partial charge in [-0.1, -0.05) is 24.3 Å². The number of carbonyl (C=O) groups is 1. The second kappa shape index (κ2) is 8.28. The summed E-state index contributed by atoms with van der Waals surface area (Å²) >= 11 is 0. The third kappa shape index (κ3) is 4.94. The molecule has 2 aromatic rings. The first-order chi connectivity index (χ1) is 14.0. The molecule has 3 rings (SSSR count). The molecular weight excluding hydrogens is 402 g/mol. The molecule has 0 bridgehead atoms. The first kappa shape index (κ1) is 22.1. The summed E-state index contributed by atoms with van der Waals surface area (Å²) < 4.78 is 33.0. The number of likely N-dealkylation sites (N-methyl/N-ethyl adjacent to an activating group) is 1. The van der Waals surface area contributed by atoms with Crippen molar-refractivity contribution >= 4 is 21.8 Å². The largest absolute Gasteiger partial charge is 0.444 e. The van der Waals surface area contributed by atoms with E-state index < -0.39 is 21.7 Å². The van der Waals surface area contributed by atoms with E-state index in [4.69, 9.17) is 10.5 Å². The van der Waals surface area contributed by atoms with Gasteiger partial charge in [-0.05, 0) is 62.6 Å². The maximum Gasteiger partial charge on any atom is 0.410 e. The quantitative estimate of drug-likeness (QED) is 0.747. The van der Waals surface area contributed by atoms with E-state index >= 15 is 0 Å². The van der Waals surface area contributed by atoms with E-state index in [0.29, 0.717) is 18.7 Å². The number of ether oxygens (including phenoxy) is 1. The van der Waals surface area contributed by atoms with Crippen LogP contribution in [0.5, 0.6) is 0 Å². The average Bonchev–Trinajstić information content (AvgIpc) is 3.18. The van der Waals surface area contributed by atoms with Gasteiger partial charge >= 0.3 is 6.09 Å². The van der Waals surface area contributed by atoms with Crippen molar-refractivity contribution in [2.75, 3.05) is 25.9 Å². The van der Waals surface area contributed by atoms with E-state index in [1.807, 2.05) is 24.3 Å². The molecule has 1 amide bonds. The van der Waals surface area contributed by atoms with E-state index in [2.05, 4.69) is 0 Å². The number of nitrogen functional groups attached to an aromatic ring is 1. The summed E-state index contributed by atoms with van der Waals surface area (Å²) in [6.45, 7) is 6.02. The van der Waals surface area contributed by atoms with Crippen molar-refractivity contribution in [3.63, 3.8) is 0 Å². The fourth-order valence-corrected chi connectivity index (χ4v) is 4.86. The van der Waals surface area contributed by atoms with Crippen molar-refractivity contribution in [1.29, 1.82) is 0 Å². The molecule has 7 nitrogen and oxygen atoms in total. The number of nitrogens with two attached hydrogens (primary N) is 1. The van der Waals surface area contributed by atoms with E-state index in [0.717, 1.165) is 11.1 Å². The highest BCUT2D eigenvalue weighted by molar-refractivity contribution is 7.89. The Labute approximate surface area is 178 Å². The van der Waals surface area contributed by atoms with Crippen molar-refractivity contribution in [3.8, 4) is 11.1 Å². The maximum absolute atomic E-state index is 13.1. The van der Waals surface area contributed by atoms with Crippen molar-refractivity contribution in [2.45, 2.75) is 43.7 Å². The van der Waals surface area contributed by atoms with Gasteiger partial charge in [0.05, 0.1) is 4.90 Å². The standard InChI is InChI=1S/C22H29N3O4S/c1-22(2,3)29-21(26)24(4)19-13-14-25(15-19)30(27,28)20-11-7-17(8-12-20)16-5-9-18(23)10-6-16/h5-12,19H,13-15,23H2,1-4H3/t19-/m1/s1. The van der Waals surface area contributed by atoms with Crippen LogP contribution in [0.4, 0.5) is 10.5 Å². The summed E-state index contributed by atoms with van der Waals surface area (Å²) in [6.07, 6.45) is 0.123. The van der Waals surface area contributed by atoms with Crippen molar-refractivity contribution in [3.05, 3.63) is 48.5 Å². The molecule has 1 atom stereocenters. The fraction of sp³-hybridized carbons (Fsp3) is 0.409. The lowest BCUT2D eigenvalue weighted by Crippen LogP contribution is -2.42. The molecule has 1 fully saturated rings. The molecule has 1 aliphatic rings. The van der Waals surface area contributed by atoms with Gasteiger partial charge in [-0.25, -0.2) is 13.2 Å². The number of carbonyl (C=O) groups excluding carboxylic acids is 1. The number of benzene rings is 2. The lowest BCUT2D eigenvalue weighted by atomic mass is 10.1. The summed E-state index contributed by atoms with van der Waals surface area (Å²) in [7, 11) is -1.99. The van der Waals surface area contributed by atoms with Crippen LogP contribution in [0.15, 0.2) is 53.4 Å². The molecule has 8 heteroatoms. The molecule has 30 heavy (non-hydrogen) atoms. The molecule has 0 aliphatic carbocycles. The lowest BCUT2D eigenvalue weighted by Gasteiger charge is -2.28. The molecule has 2 aromatic carbocycles. The number of rotatable bonds is 4. The summed E-state index contributed by atoms with van der Waals surface area (Å²) in [5.41, 5.74) is 7.68. The third-order valence-corrected chi connectivity index (χ3v) is 6.97. The normalized spacial score (nSPS) is 17.7. The summed E-state index contributed by atoms with van der Waals surface area (Å²) in [5, 5.41) is 0. The Morgan fingerprint density at radius 1 is 1.07 bits per heavy atom. The molecule has 0 saturated carbocycles. The van der Waals surface area contributed by atoms with Gasteiger partial charge in [-0.3, -0.25) is 0 Å². The predicted octanol–water partition coefficient (Wildman–Crippen LogP) is 3.57. The number of anilines is 1. The van der Waals surface area contributed by atoms with Gasteiger partial charge in [0.25, 0.3) is 0 Å². The average molecular weight is 432 g/mol. The van der Waals surface area contributed by atoms with Crippen molar-refractivity contribution in [2.24, 2.45) is 0 Å². The Morgan fingerprint density at radius 3 is 2.13 bits per heavy atom. The molecule has 0 aromatic heterocycles. The Balaban J connectivity index is 1.70. The SMILES string of the molecule is CN(C(=O)OC(C)(C)C)[C@@H]1CCN(S(=O)(=O)c2ccc(-c3ccc(N)cc3)cc2)C1. The second-order valence-corrected chi connectivity index (χ2v) is 10.5. The lowest BCUT2D eigenvalue weighted by molar-refractivity contribution is 0.0232. The van der Waals surface area contributed by atoms with E-state index in [1.165, 1.54) is 9.21 Å². The van der Waals surface area contributed by atoms with Crippen LogP contribution in [0, 0.1) is 0 Å². The van der Waals surface area contributed by atoms with Gasteiger partial charge in [0.15, 0.2) is 0 Å². The molecule has 1 saturated heterocycles. The van der Waals surface area contributed by atoms with Gasteiger partial charge < -0.3 is 15.4 Å². The van der Waals surface area contributed by atoms with Gasteiger partial charge in [-0.15, -0.1) is 0 Å². The second-order valence-electron chi connectivity index (χ2n) is 8.54. The van der Waals surface area contributed by atoms with Crippen molar-refractivity contribution in [1.82, 2.24) is 9.21 Å². The minimum Gasteiger partial charge on any atom is -0.444 e. The van der Waals surface area contributed by atoms with Crippen molar-refractivity contribution < 1.29 is 17.9 Å². The molecule has 0 spiro atoms. The molecule has 162 valence electrons. The van der Waals surface area contributed by atoms with Gasteiger partial charge in [0.1, 0.15) is 5.60 Å². The highest BCUT2D eigenvalue weighted by atomic mass is 32.2. The van der Waals surface area contributed by atoms with E-state index in [-0.39, 0.29) is 17.5 Å². The van der Waals surface area contributed by atoms with Crippen LogP contribution in [0.2, 0.25) is 0 Å². The monoisotopic (exact) mass is 431 g/mol. The number of hydrogen-bond acceptors (Lipinski definition) is 5. The zero-order chi connectivity index (χ0) is 22.1. The predicted molar refractivity (Wildman–Crippen MR) is 117 cm³/mol. The van der Waals surface area contributed by atoms with Crippen LogP contribution in [-0.4, -0.2) is 55.5 Å². The molecule has 0 unspecified atom stereocenters. The first-order valence-corrected chi connectivity index (χ1v) is 11.3. The number of hydrogen-bond donors (Lipinski definition) is 1. The Bertz CT molecular complexity index is 996. The minimum atomic E-state index is -3.64. The Morgan fingerprint density at radius 2 is 1.60 bits per heavy atom. The maximum atomic E-state index is 13.1. The molecular formula is C22H29N3O4S. The van der Waals surface area contributed by atoms with Crippen LogP contribution in [0.3, 0.4) is 0 Å². The van der Waals surface area contributed by atoms with Crippen LogP contribution in [0.25, 0.3) is 11.1 Å². The van der Waals surface area contributed by atoms with Gasteiger partial charge in [0, 0.05) is 31.9 Å². The Hall–Kier alpha value is -2.58. The molecule has 0 radical (unpaired) electrons. The zero-order valence-corrected chi connectivity index (χ0v) is 18.6. The number of sulfonamides is 1.